The van der Waals surface area contributed by atoms with Crippen molar-refractivity contribution in [2.45, 2.75) is 30.6 Å². The van der Waals surface area contributed by atoms with E-state index in [0.29, 0.717) is 11.6 Å². The summed E-state index contributed by atoms with van der Waals surface area (Å²) >= 11 is 1.26. The van der Waals surface area contributed by atoms with Crippen LogP contribution in [0.25, 0.3) is 0 Å². The van der Waals surface area contributed by atoms with Gasteiger partial charge in [0, 0.05) is 11.7 Å². The number of rotatable bonds is 5. The second kappa shape index (κ2) is 8.28. The van der Waals surface area contributed by atoms with Crippen molar-refractivity contribution >= 4 is 38.4 Å². The first kappa shape index (κ1) is 20.1. The van der Waals surface area contributed by atoms with E-state index in [0.717, 1.165) is 12.0 Å². The van der Waals surface area contributed by atoms with Crippen molar-refractivity contribution in [3.63, 3.8) is 0 Å². The summed E-state index contributed by atoms with van der Waals surface area (Å²) in [5.74, 6) is -0.760. The molecule has 2 heterocycles. The second-order valence-electron chi connectivity index (χ2n) is 7.25. The lowest BCUT2D eigenvalue weighted by Crippen LogP contribution is -2.38. The van der Waals surface area contributed by atoms with Gasteiger partial charge in [-0.2, -0.15) is 4.99 Å². The maximum Gasteiger partial charge on any atom is 0.248 e. The summed E-state index contributed by atoms with van der Waals surface area (Å²) in [7, 11) is -3.18. The van der Waals surface area contributed by atoms with Crippen LogP contribution in [0.4, 0.5) is 10.1 Å². The average molecular weight is 433 g/mol. The third-order valence-corrected chi connectivity index (χ3v) is 8.31. The van der Waals surface area contributed by atoms with E-state index in [4.69, 9.17) is 0 Å². The van der Waals surface area contributed by atoms with Gasteiger partial charge < -0.3 is 4.90 Å². The molecule has 2 aromatic rings. The van der Waals surface area contributed by atoms with Gasteiger partial charge in [-0.15, -0.1) is 0 Å². The molecule has 2 aliphatic heterocycles. The second-order valence-corrected chi connectivity index (χ2v) is 10.6. The molecule has 0 N–H and O–H groups in total. The molecule has 152 valence electrons. The summed E-state index contributed by atoms with van der Waals surface area (Å²) in [4.78, 5) is 18.3. The number of carbonyl (C=O) groups is 1. The molecule has 5 nitrogen and oxygen atoms in total. The van der Waals surface area contributed by atoms with Crippen LogP contribution in [0, 0.1) is 5.82 Å². The number of anilines is 1. The highest BCUT2D eigenvalue weighted by atomic mass is 32.2. The van der Waals surface area contributed by atoms with E-state index >= 15 is 0 Å². The Bertz CT molecular complexity index is 1040. The average Bonchev–Trinajstić information content (AvgIpc) is 3.14. The molecule has 0 spiro atoms. The van der Waals surface area contributed by atoms with Gasteiger partial charge in [-0.25, -0.2) is 12.8 Å². The Kier molecular flexibility index (Phi) is 5.74. The molecule has 0 radical (unpaired) electrons. The summed E-state index contributed by atoms with van der Waals surface area (Å²) in [6.07, 6.45) is 1.74. The molecule has 0 aromatic heterocycles. The van der Waals surface area contributed by atoms with Crippen molar-refractivity contribution in [1.82, 2.24) is 0 Å². The number of amidine groups is 1. The Morgan fingerprint density at radius 1 is 1.10 bits per heavy atom. The minimum Gasteiger partial charge on any atom is -0.313 e. The van der Waals surface area contributed by atoms with Crippen LogP contribution in [0.1, 0.15) is 18.4 Å². The fraction of sp³-hybridized carbons (Fsp3) is 0.333. The van der Waals surface area contributed by atoms with Gasteiger partial charge in [-0.3, -0.25) is 4.79 Å². The van der Waals surface area contributed by atoms with Crippen molar-refractivity contribution in [2.75, 3.05) is 16.4 Å². The number of para-hydroxylation sites is 1. The van der Waals surface area contributed by atoms with Crippen molar-refractivity contribution in [2.24, 2.45) is 4.99 Å². The van der Waals surface area contributed by atoms with Gasteiger partial charge in [-0.1, -0.05) is 54.2 Å². The maximum atomic E-state index is 14.5. The number of hydrogen-bond donors (Lipinski definition) is 0. The highest BCUT2D eigenvalue weighted by molar-refractivity contribution is 8.16. The fourth-order valence-electron chi connectivity index (χ4n) is 3.74. The Labute approximate surface area is 173 Å². The van der Waals surface area contributed by atoms with Crippen LogP contribution in [0.15, 0.2) is 59.6 Å². The number of halogens is 1. The molecule has 29 heavy (non-hydrogen) atoms. The largest absolute Gasteiger partial charge is 0.313 e. The van der Waals surface area contributed by atoms with Gasteiger partial charge in [0.1, 0.15) is 5.82 Å². The lowest BCUT2D eigenvalue weighted by atomic mass is 10.1. The first-order valence-corrected chi connectivity index (χ1v) is 12.2. The summed E-state index contributed by atoms with van der Waals surface area (Å²) in [5, 5.41) is 0.153. The van der Waals surface area contributed by atoms with E-state index in [9.17, 15) is 17.6 Å². The highest BCUT2D eigenvalue weighted by Crippen LogP contribution is 2.41. The standard InChI is InChI=1S/C21H21FN2O3S2/c22-16-10-4-5-11-17(16)24-18-13-29(26,27)14-19(18)28-21(24)23-20(25)12-6-9-15-7-2-1-3-8-15/h1-5,7-8,10-11,18-19H,6,9,12-14H2/t18-,19+/m1/s1. The molecule has 4 rings (SSSR count). The number of amides is 1. The highest BCUT2D eigenvalue weighted by Gasteiger charge is 2.49. The molecule has 0 saturated carbocycles. The van der Waals surface area contributed by atoms with Crippen molar-refractivity contribution in [3.05, 3.63) is 66.0 Å². The van der Waals surface area contributed by atoms with Gasteiger partial charge in [0.25, 0.3) is 0 Å². The Hall–Kier alpha value is -2.19. The quantitative estimate of drug-likeness (QED) is 0.724. The zero-order valence-corrected chi connectivity index (χ0v) is 17.3. The van der Waals surface area contributed by atoms with E-state index < -0.39 is 21.7 Å². The lowest BCUT2D eigenvalue weighted by Gasteiger charge is -2.24. The van der Waals surface area contributed by atoms with Gasteiger partial charge in [-0.05, 0) is 30.5 Å². The minimum atomic E-state index is -3.18. The molecule has 0 aliphatic carbocycles. The van der Waals surface area contributed by atoms with Crippen LogP contribution >= 0.6 is 11.8 Å². The van der Waals surface area contributed by atoms with Gasteiger partial charge in [0.15, 0.2) is 15.0 Å². The van der Waals surface area contributed by atoms with E-state index in [1.165, 1.54) is 17.8 Å². The Morgan fingerprint density at radius 3 is 2.59 bits per heavy atom. The maximum absolute atomic E-state index is 14.5. The minimum absolute atomic E-state index is 0.0223. The summed E-state index contributed by atoms with van der Waals surface area (Å²) in [5.41, 5.74) is 1.43. The number of carbonyl (C=O) groups excluding carboxylic acids is 1. The monoisotopic (exact) mass is 432 g/mol. The van der Waals surface area contributed by atoms with Crippen LogP contribution in [0.5, 0.6) is 0 Å². The molecule has 1 amide bonds. The Morgan fingerprint density at radius 2 is 1.83 bits per heavy atom. The van der Waals surface area contributed by atoms with E-state index in [-0.39, 0.29) is 34.8 Å². The first-order valence-electron chi connectivity index (χ1n) is 9.49. The van der Waals surface area contributed by atoms with Crippen molar-refractivity contribution in [1.29, 1.82) is 0 Å². The molecule has 0 unspecified atom stereocenters. The lowest BCUT2D eigenvalue weighted by molar-refractivity contribution is -0.117. The number of aliphatic imine (C=N–C) groups is 1. The molecule has 8 heteroatoms. The van der Waals surface area contributed by atoms with Gasteiger partial charge >= 0.3 is 0 Å². The molecular formula is C21H21FN2O3S2. The predicted molar refractivity (Wildman–Crippen MR) is 115 cm³/mol. The predicted octanol–water partition coefficient (Wildman–Crippen LogP) is 3.45. The number of hydrogen-bond acceptors (Lipinski definition) is 4. The number of benzene rings is 2. The number of aryl methyl sites for hydroxylation is 1. The topological polar surface area (TPSA) is 66.8 Å². The zero-order chi connectivity index (χ0) is 20.4. The third kappa shape index (κ3) is 4.53. The first-order chi connectivity index (χ1) is 13.9. The molecule has 2 saturated heterocycles. The van der Waals surface area contributed by atoms with Crippen LogP contribution in [-0.2, 0) is 21.1 Å². The van der Waals surface area contributed by atoms with Gasteiger partial charge in [0.2, 0.25) is 5.91 Å². The molecular weight excluding hydrogens is 411 g/mol. The smallest absolute Gasteiger partial charge is 0.248 e. The van der Waals surface area contributed by atoms with E-state index in [1.807, 2.05) is 30.3 Å². The zero-order valence-electron chi connectivity index (χ0n) is 15.7. The SMILES string of the molecule is O=C(CCCc1ccccc1)N=C1S[C@H]2CS(=O)(=O)C[C@H]2N1c1ccccc1F. The molecule has 2 fully saturated rings. The summed E-state index contributed by atoms with van der Waals surface area (Å²) in [6.45, 7) is 0. The van der Waals surface area contributed by atoms with Crippen molar-refractivity contribution < 1.29 is 17.6 Å². The van der Waals surface area contributed by atoms with Crippen LogP contribution < -0.4 is 4.90 Å². The van der Waals surface area contributed by atoms with Crippen molar-refractivity contribution in [3.8, 4) is 0 Å². The molecule has 2 atom stereocenters. The third-order valence-electron chi connectivity index (χ3n) is 5.10. The fourth-order valence-corrected chi connectivity index (χ4v) is 7.67. The molecule has 2 aromatic carbocycles. The number of thioether (sulfide) groups is 1. The van der Waals surface area contributed by atoms with Crippen LogP contribution in [0.3, 0.4) is 0 Å². The van der Waals surface area contributed by atoms with Crippen LogP contribution in [0.2, 0.25) is 0 Å². The van der Waals surface area contributed by atoms with Crippen LogP contribution in [-0.4, -0.2) is 42.3 Å². The number of fused-ring (bicyclic) bond motifs is 1. The number of sulfone groups is 1. The number of nitrogens with zero attached hydrogens (tertiary/aromatic N) is 2. The molecule has 0 bridgehead atoms. The van der Waals surface area contributed by atoms with E-state index in [1.54, 1.807) is 23.1 Å². The normalized spacial score (nSPS) is 24.0. The summed E-state index contributed by atoms with van der Waals surface area (Å²) < 4.78 is 38.6. The van der Waals surface area contributed by atoms with Gasteiger partial charge in [0.05, 0.1) is 23.2 Å². The summed E-state index contributed by atoms with van der Waals surface area (Å²) in [6, 6.07) is 15.7. The van der Waals surface area contributed by atoms with E-state index in [2.05, 4.69) is 4.99 Å². The Balaban J connectivity index is 1.52. The molecule has 2 aliphatic rings.